The monoisotopic (exact) mass is 277 g/mol. The molecule has 19 heavy (non-hydrogen) atoms. The second-order valence-electron chi connectivity index (χ2n) is 6.68. The molecule has 0 radical (unpaired) electrons. The van der Waals surface area contributed by atoms with Crippen molar-refractivity contribution in [3.63, 3.8) is 0 Å². The first kappa shape index (κ1) is 13.5. The number of hydrogen-bond acceptors (Lipinski definition) is 1. The molecule has 0 amide bonds. The molecule has 1 nitrogen and oxygen atoms in total. The second kappa shape index (κ2) is 5.10. The topological polar surface area (TPSA) is 3.24 Å². The van der Waals surface area contributed by atoms with Gasteiger partial charge in [-0.1, -0.05) is 37.6 Å². The minimum absolute atomic E-state index is 0.714. The summed E-state index contributed by atoms with van der Waals surface area (Å²) >= 11 is 6.03. The molecule has 0 saturated carbocycles. The van der Waals surface area contributed by atoms with E-state index in [-0.39, 0.29) is 0 Å². The van der Waals surface area contributed by atoms with Crippen molar-refractivity contribution in [1.29, 1.82) is 0 Å². The minimum Gasteiger partial charge on any atom is -0.300 e. The van der Waals surface area contributed by atoms with Gasteiger partial charge in [-0.15, -0.1) is 0 Å². The smallest absolute Gasteiger partial charge is 0.0406 e. The fourth-order valence-corrected chi connectivity index (χ4v) is 4.61. The minimum atomic E-state index is 0.714. The number of halogens is 1. The molecule has 2 saturated heterocycles. The molecule has 104 valence electrons. The Kier molecular flexibility index (Phi) is 3.61. The van der Waals surface area contributed by atoms with E-state index in [1.165, 1.54) is 24.8 Å². The van der Waals surface area contributed by atoms with E-state index in [1.807, 2.05) is 0 Å². The van der Waals surface area contributed by atoms with Gasteiger partial charge >= 0.3 is 0 Å². The zero-order valence-corrected chi connectivity index (χ0v) is 12.9. The van der Waals surface area contributed by atoms with Gasteiger partial charge in [0.05, 0.1) is 0 Å². The summed E-state index contributed by atoms with van der Waals surface area (Å²) in [6.45, 7) is 4.78. The lowest BCUT2D eigenvalue weighted by molar-refractivity contribution is 0.0727. The molecule has 0 aromatic heterocycles. The Morgan fingerprint density at radius 1 is 1.16 bits per heavy atom. The molecule has 3 rings (SSSR count). The van der Waals surface area contributed by atoms with E-state index in [4.69, 9.17) is 11.6 Å². The summed E-state index contributed by atoms with van der Waals surface area (Å²) in [5, 5.41) is 0.848. The highest BCUT2D eigenvalue weighted by molar-refractivity contribution is 6.30. The molecule has 1 aromatic rings. The molecule has 2 unspecified atom stereocenters. The number of fused-ring (bicyclic) bond motifs is 2. The lowest BCUT2D eigenvalue weighted by Gasteiger charge is -2.45. The summed E-state index contributed by atoms with van der Waals surface area (Å²) in [6, 6.07) is 10.2. The molecule has 4 atom stereocenters. The highest BCUT2D eigenvalue weighted by Crippen LogP contribution is 2.48. The van der Waals surface area contributed by atoms with Gasteiger partial charge in [0.25, 0.3) is 0 Å². The van der Waals surface area contributed by atoms with Crippen LogP contribution in [0.1, 0.15) is 44.6 Å². The normalized spacial score (nSPS) is 35.0. The van der Waals surface area contributed by atoms with Crippen LogP contribution in [0.2, 0.25) is 5.02 Å². The number of hydrogen-bond donors (Lipinski definition) is 0. The molecule has 0 N–H and O–H groups in total. The fraction of sp³-hybridized carbons (Fsp3) is 0.647. The van der Waals surface area contributed by atoms with Gasteiger partial charge in [-0.05, 0) is 61.8 Å². The summed E-state index contributed by atoms with van der Waals surface area (Å²) in [4.78, 5) is 2.65. The van der Waals surface area contributed by atoms with E-state index < -0.39 is 0 Å². The van der Waals surface area contributed by atoms with Gasteiger partial charge in [-0.25, -0.2) is 0 Å². The van der Waals surface area contributed by atoms with Crippen LogP contribution in [0.4, 0.5) is 0 Å². The highest BCUT2D eigenvalue weighted by Gasteiger charge is 2.46. The summed E-state index contributed by atoms with van der Waals surface area (Å²) in [6.07, 6.45) is 4.08. The SMILES string of the molecule is CC(C)C1C2CC[C@H](C[C@@H]1c1ccc(Cl)cc1)N2C. The zero-order chi connectivity index (χ0) is 13.6. The van der Waals surface area contributed by atoms with Gasteiger partial charge in [0.1, 0.15) is 0 Å². The first-order valence-electron chi connectivity index (χ1n) is 7.55. The summed E-state index contributed by atoms with van der Waals surface area (Å²) in [5.74, 6) is 2.24. The van der Waals surface area contributed by atoms with Crippen molar-refractivity contribution in [3.05, 3.63) is 34.9 Å². The third-order valence-electron chi connectivity index (χ3n) is 5.40. The quantitative estimate of drug-likeness (QED) is 0.766. The Hall–Kier alpha value is -0.530. The van der Waals surface area contributed by atoms with E-state index in [2.05, 4.69) is 50.1 Å². The molecule has 0 spiro atoms. The first-order chi connectivity index (χ1) is 9.08. The van der Waals surface area contributed by atoms with E-state index in [1.54, 1.807) is 0 Å². The molecule has 2 aliphatic rings. The van der Waals surface area contributed by atoms with Crippen LogP contribution in [0, 0.1) is 11.8 Å². The number of rotatable bonds is 2. The number of nitrogens with zero attached hydrogens (tertiary/aromatic N) is 1. The molecule has 2 heteroatoms. The summed E-state index contributed by atoms with van der Waals surface area (Å²) in [7, 11) is 2.33. The van der Waals surface area contributed by atoms with Crippen molar-refractivity contribution >= 4 is 11.6 Å². The highest BCUT2D eigenvalue weighted by atomic mass is 35.5. The predicted octanol–water partition coefficient (Wildman–Crippen LogP) is 4.56. The van der Waals surface area contributed by atoms with Gasteiger partial charge < -0.3 is 4.90 Å². The maximum Gasteiger partial charge on any atom is 0.0406 e. The van der Waals surface area contributed by atoms with Crippen molar-refractivity contribution in [1.82, 2.24) is 4.90 Å². The lowest BCUT2D eigenvalue weighted by Crippen LogP contribution is -2.47. The average molecular weight is 278 g/mol. The third-order valence-corrected chi connectivity index (χ3v) is 5.65. The largest absolute Gasteiger partial charge is 0.300 e. The third kappa shape index (κ3) is 2.32. The molecule has 0 aliphatic carbocycles. The van der Waals surface area contributed by atoms with Gasteiger partial charge in [0, 0.05) is 17.1 Å². The van der Waals surface area contributed by atoms with E-state index in [9.17, 15) is 0 Å². The van der Waals surface area contributed by atoms with E-state index in [0.29, 0.717) is 5.92 Å². The maximum atomic E-state index is 6.03. The molecular weight excluding hydrogens is 254 g/mol. The predicted molar refractivity (Wildman–Crippen MR) is 81.7 cm³/mol. The van der Waals surface area contributed by atoms with Crippen LogP contribution in [-0.2, 0) is 0 Å². The van der Waals surface area contributed by atoms with Gasteiger partial charge in [-0.2, -0.15) is 0 Å². The standard InChI is InChI=1S/C17H24ClN/c1-11(2)17-15(12-4-6-13(18)7-5-12)10-14-8-9-16(17)19(14)3/h4-7,11,14-17H,8-10H2,1-3H3/t14-,15-,16?,17?/m1/s1. The fourth-order valence-electron chi connectivity index (χ4n) is 4.48. The van der Waals surface area contributed by atoms with Crippen LogP contribution >= 0.6 is 11.6 Å². The lowest BCUT2D eigenvalue weighted by atomic mass is 9.71. The second-order valence-corrected chi connectivity index (χ2v) is 7.12. The Bertz CT molecular complexity index is 439. The van der Waals surface area contributed by atoms with Crippen LogP contribution in [0.25, 0.3) is 0 Å². The summed E-state index contributed by atoms with van der Waals surface area (Å²) < 4.78 is 0. The van der Waals surface area contributed by atoms with Crippen LogP contribution in [-0.4, -0.2) is 24.0 Å². The Balaban J connectivity index is 1.93. The van der Waals surface area contributed by atoms with Crippen molar-refractivity contribution in [2.75, 3.05) is 7.05 Å². The van der Waals surface area contributed by atoms with Crippen LogP contribution in [0.15, 0.2) is 24.3 Å². The van der Waals surface area contributed by atoms with Crippen molar-refractivity contribution < 1.29 is 0 Å². The van der Waals surface area contributed by atoms with E-state index >= 15 is 0 Å². The first-order valence-corrected chi connectivity index (χ1v) is 7.93. The molecular formula is C17H24ClN. The zero-order valence-electron chi connectivity index (χ0n) is 12.1. The number of piperidine rings is 1. The van der Waals surface area contributed by atoms with Gasteiger partial charge in [0.15, 0.2) is 0 Å². The molecule has 1 aromatic carbocycles. The number of benzene rings is 1. The molecule has 2 aliphatic heterocycles. The molecule has 2 fully saturated rings. The van der Waals surface area contributed by atoms with Crippen LogP contribution in [0.5, 0.6) is 0 Å². The maximum absolute atomic E-state index is 6.03. The Morgan fingerprint density at radius 3 is 2.47 bits per heavy atom. The van der Waals surface area contributed by atoms with Crippen molar-refractivity contribution in [3.8, 4) is 0 Å². The van der Waals surface area contributed by atoms with Gasteiger partial charge in [0.2, 0.25) is 0 Å². The average Bonchev–Trinajstić information content (AvgIpc) is 2.63. The Morgan fingerprint density at radius 2 is 1.84 bits per heavy atom. The van der Waals surface area contributed by atoms with E-state index in [0.717, 1.165) is 28.9 Å². The molecule has 2 heterocycles. The summed E-state index contributed by atoms with van der Waals surface area (Å²) in [5.41, 5.74) is 1.49. The van der Waals surface area contributed by atoms with Crippen molar-refractivity contribution in [2.24, 2.45) is 11.8 Å². The van der Waals surface area contributed by atoms with Crippen LogP contribution < -0.4 is 0 Å². The van der Waals surface area contributed by atoms with Crippen LogP contribution in [0.3, 0.4) is 0 Å². The Labute approximate surface area is 121 Å². The molecule has 2 bridgehead atoms. The van der Waals surface area contributed by atoms with Gasteiger partial charge in [-0.3, -0.25) is 0 Å². The van der Waals surface area contributed by atoms with Crippen molar-refractivity contribution in [2.45, 2.75) is 51.1 Å².